The predicted octanol–water partition coefficient (Wildman–Crippen LogP) is 5.25. The van der Waals surface area contributed by atoms with E-state index in [1.807, 2.05) is 47.8 Å². The molecular formula is C20H17NO4S. The Bertz CT molecular complexity index is 1030. The molecule has 4 rings (SSSR count). The third-order valence-corrected chi connectivity index (χ3v) is 4.98. The highest BCUT2D eigenvalue weighted by Gasteiger charge is 2.18. The number of thiophene rings is 1. The van der Waals surface area contributed by atoms with Gasteiger partial charge in [-0.3, -0.25) is 0 Å². The van der Waals surface area contributed by atoms with Crippen LogP contribution in [0.1, 0.15) is 0 Å². The van der Waals surface area contributed by atoms with Gasteiger partial charge >= 0.3 is 0 Å². The van der Waals surface area contributed by atoms with Crippen molar-refractivity contribution in [2.45, 2.75) is 0 Å². The molecule has 0 aliphatic heterocycles. The quantitative estimate of drug-likeness (QED) is 0.482. The number of nitrogens with zero attached hydrogens (tertiary/aromatic N) is 1. The van der Waals surface area contributed by atoms with Crippen LogP contribution in [0.4, 0.5) is 0 Å². The molecule has 26 heavy (non-hydrogen) atoms. The summed E-state index contributed by atoms with van der Waals surface area (Å²) in [6, 6.07) is 13.7. The van der Waals surface area contributed by atoms with Gasteiger partial charge in [-0.1, -0.05) is 18.2 Å². The summed E-state index contributed by atoms with van der Waals surface area (Å²) in [4.78, 5) is 5.61. The molecule has 0 aliphatic rings. The minimum atomic E-state index is 0.558. The third kappa shape index (κ3) is 2.68. The topological polar surface area (TPSA) is 53.7 Å². The van der Waals surface area contributed by atoms with Crippen molar-refractivity contribution in [3.8, 4) is 39.1 Å². The Labute approximate surface area is 154 Å². The largest absolute Gasteiger partial charge is 0.493 e. The van der Waals surface area contributed by atoms with Crippen LogP contribution in [0.3, 0.4) is 0 Å². The zero-order chi connectivity index (χ0) is 18.1. The molecule has 2 aromatic heterocycles. The van der Waals surface area contributed by atoms with Gasteiger partial charge in [0.1, 0.15) is 5.52 Å². The molecule has 0 saturated heterocycles. The molecule has 2 aromatic carbocycles. The molecule has 0 spiro atoms. The average Bonchev–Trinajstić information content (AvgIpc) is 3.35. The Balaban J connectivity index is 1.92. The number of hydrogen-bond acceptors (Lipinski definition) is 6. The Morgan fingerprint density at radius 1 is 0.923 bits per heavy atom. The Hall–Kier alpha value is -2.99. The maximum atomic E-state index is 6.09. The average molecular weight is 367 g/mol. The molecule has 2 heterocycles. The van der Waals surface area contributed by atoms with E-state index in [1.54, 1.807) is 32.7 Å². The second-order valence-electron chi connectivity index (χ2n) is 5.56. The number of hydrogen-bond donors (Lipinski definition) is 0. The second-order valence-corrected chi connectivity index (χ2v) is 6.51. The lowest BCUT2D eigenvalue weighted by Crippen LogP contribution is -1.95. The first-order chi connectivity index (χ1) is 12.7. The highest BCUT2D eigenvalue weighted by atomic mass is 32.1. The van der Waals surface area contributed by atoms with Crippen molar-refractivity contribution < 1.29 is 18.6 Å². The van der Waals surface area contributed by atoms with E-state index in [2.05, 4.69) is 4.98 Å². The first kappa shape index (κ1) is 16.5. The highest BCUT2D eigenvalue weighted by Crippen LogP contribution is 2.43. The molecule has 0 amide bonds. The van der Waals surface area contributed by atoms with E-state index in [0.29, 0.717) is 23.1 Å². The zero-order valence-corrected chi connectivity index (χ0v) is 15.4. The molecule has 0 N–H and O–H groups in total. The lowest BCUT2D eigenvalue weighted by atomic mass is 10.0. The minimum Gasteiger partial charge on any atom is -0.493 e. The van der Waals surface area contributed by atoms with Gasteiger partial charge in [0.2, 0.25) is 11.6 Å². The van der Waals surface area contributed by atoms with Crippen LogP contribution in [-0.4, -0.2) is 26.3 Å². The summed E-state index contributed by atoms with van der Waals surface area (Å²) in [5.41, 5.74) is 3.35. The van der Waals surface area contributed by atoms with Crippen LogP contribution in [0.2, 0.25) is 0 Å². The summed E-state index contributed by atoms with van der Waals surface area (Å²) >= 11 is 1.60. The normalized spacial score (nSPS) is 10.9. The van der Waals surface area contributed by atoms with Crippen LogP contribution in [0.15, 0.2) is 52.3 Å². The maximum absolute atomic E-state index is 6.09. The van der Waals surface area contributed by atoms with Crippen molar-refractivity contribution in [1.82, 2.24) is 4.98 Å². The van der Waals surface area contributed by atoms with Gasteiger partial charge in [-0.15, -0.1) is 11.3 Å². The van der Waals surface area contributed by atoms with Gasteiger partial charge in [-0.2, -0.15) is 0 Å². The number of rotatable bonds is 5. The molecule has 6 heteroatoms. The van der Waals surface area contributed by atoms with Gasteiger partial charge in [0, 0.05) is 5.56 Å². The van der Waals surface area contributed by atoms with E-state index in [0.717, 1.165) is 27.1 Å². The summed E-state index contributed by atoms with van der Waals surface area (Å²) in [6.07, 6.45) is 0. The van der Waals surface area contributed by atoms with E-state index in [-0.39, 0.29) is 0 Å². The van der Waals surface area contributed by atoms with Crippen LogP contribution in [0.5, 0.6) is 17.2 Å². The SMILES string of the molecule is COc1cc(-c2cccc3nc(-c4cccs4)oc23)cc(OC)c1OC. The van der Waals surface area contributed by atoms with Crippen molar-refractivity contribution in [3.05, 3.63) is 47.8 Å². The summed E-state index contributed by atoms with van der Waals surface area (Å²) in [5, 5.41) is 2.00. The molecule has 0 saturated carbocycles. The minimum absolute atomic E-state index is 0.558. The highest BCUT2D eigenvalue weighted by molar-refractivity contribution is 7.13. The first-order valence-electron chi connectivity index (χ1n) is 7.99. The number of benzene rings is 2. The van der Waals surface area contributed by atoms with E-state index in [1.165, 1.54) is 0 Å². The van der Waals surface area contributed by atoms with Gasteiger partial charge in [-0.05, 0) is 35.2 Å². The van der Waals surface area contributed by atoms with Gasteiger partial charge < -0.3 is 18.6 Å². The maximum Gasteiger partial charge on any atom is 0.237 e. The fourth-order valence-corrected chi connectivity index (χ4v) is 3.57. The molecule has 0 unspecified atom stereocenters. The zero-order valence-electron chi connectivity index (χ0n) is 14.6. The first-order valence-corrected chi connectivity index (χ1v) is 8.87. The molecule has 4 aromatic rings. The van der Waals surface area contributed by atoms with Crippen molar-refractivity contribution in [3.63, 3.8) is 0 Å². The number of fused-ring (bicyclic) bond motifs is 1. The van der Waals surface area contributed by atoms with Gasteiger partial charge in [-0.25, -0.2) is 4.98 Å². The summed E-state index contributed by atoms with van der Waals surface area (Å²) in [5.74, 6) is 2.37. The molecule has 0 bridgehead atoms. The molecular weight excluding hydrogens is 350 g/mol. The number of methoxy groups -OCH3 is 3. The molecule has 0 radical (unpaired) electrons. The molecule has 0 aliphatic carbocycles. The molecule has 132 valence electrons. The fraction of sp³-hybridized carbons (Fsp3) is 0.150. The van der Waals surface area contributed by atoms with E-state index in [4.69, 9.17) is 18.6 Å². The van der Waals surface area contributed by atoms with Crippen molar-refractivity contribution >= 4 is 22.4 Å². The smallest absolute Gasteiger partial charge is 0.237 e. The Morgan fingerprint density at radius 2 is 1.69 bits per heavy atom. The number of oxazole rings is 1. The summed E-state index contributed by atoms with van der Waals surface area (Å²) < 4.78 is 22.4. The fourth-order valence-electron chi connectivity index (χ4n) is 2.92. The molecule has 5 nitrogen and oxygen atoms in total. The van der Waals surface area contributed by atoms with Gasteiger partial charge in [0.15, 0.2) is 17.1 Å². The lowest BCUT2D eigenvalue weighted by molar-refractivity contribution is 0.324. The van der Waals surface area contributed by atoms with E-state index >= 15 is 0 Å². The molecule has 0 fully saturated rings. The van der Waals surface area contributed by atoms with Crippen LogP contribution in [-0.2, 0) is 0 Å². The van der Waals surface area contributed by atoms with Crippen LogP contribution in [0, 0.1) is 0 Å². The molecule has 0 atom stereocenters. The van der Waals surface area contributed by atoms with Crippen LogP contribution >= 0.6 is 11.3 Å². The predicted molar refractivity (Wildman–Crippen MR) is 102 cm³/mol. The van der Waals surface area contributed by atoms with Gasteiger partial charge in [0.05, 0.1) is 26.2 Å². The number of para-hydroxylation sites is 1. The van der Waals surface area contributed by atoms with E-state index < -0.39 is 0 Å². The summed E-state index contributed by atoms with van der Waals surface area (Å²) in [7, 11) is 4.79. The second kappa shape index (κ2) is 6.72. The van der Waals surface area contributed by atoms with Crippen LogP contribution in [0.25, 0.3) is 33.0 Å². The lowest BCUT2D eigenvalue weighted by Gasteiger charge is -2.14. The standard InChI is InChI=1S/C20H17NO4S/c1-22-15-10-12(11-16(23-2)19(15)24-3)13-6-4-7-14-18(13)25-20(21-14)17-8-5-9-26-17/h4-11H,1-3H3. The monoisotopic (exact) mass is 367 g/mol. The van der Waals surface area contributed by atoms with Crippen molar-refractivity contribution in [1.29, 1.82) is 0 Å². The van der Waals surface area contributed by atoms with E-state index in [9.17, 15) is 0 Å². The van der Waals surface area contributed by atoms with Crippen LogP contribution < -0.4 is 14.2 Å². The third-order valence-electron chi connectivity index (χ3n) is 4.12. The number of ether oxygens (including phenoxy) is 3. The Morgan fingerprint density at radius 3 is 2.31 bits per heavy atom. The number of aromatic nitrogens is 1. The van der Waals surface area contributed by atoms with Crippen molar-refractivity contribution in [2.75, 3.05) is 21.3 Å². The Kier molecular flexibility index (Phi) is 4.26. The van der Waals surface area contributed by atoms with Gasteiger partial charge in [0.25, 0.3) is 0 Å². The van der Waals surface area contributed by atoms with Crippen molar-refractivity contribution in [2.24, 2.45) is 0 Å². The summed E-state index contributed by atoms with van der Waals surface area (Å²) in [6.45, 7) is 0.